The van der Waals surface area contributed by atoms with Crippen LogP contribution in [0.3, 0.4) is 0 Å². The minimum Gasteiger partial charge on any atom is -0.462 e. The predicted octanol–water partition coefficient (Wildman–Crippen LogP) is 21.5. The van der Waals surface area contributed by atoms with E-state index in [1.807, 2.05) is 0 Å². The molecule has 0 aromatic carbocycles. The first-order chi connectivity index (χ1) is 34.6. The van der Waals surface area contributed by atoms with E-state index in [-0.39, 0.29) is 31.1 Å². The lowest BCUT2D eigenvalue weighted by atomic mass is 9.99. The van der Waals surface area contributed by atoms with Crippen molar-refractivity contribution in [3.8, 4) is 0 Å². The summed E-state index contributed by atoms with van der Waals surface area (Å²) in [6.07, 6.45) is 61.0. The quantitative estimate of drug-likeness (QED) is 0.0343. The number of carbonyl (C=O) groups excluding carboxylic acids is 3. The van der Waals surface area contributed by atoms with E-state index in [9.17, 15) is 14.4 Å². The van der Waals surface area contributed by atoms with Gasteiger partial charge in [-0.15, -0.1) is 0 Å². The highest BCUT2D eigenvalue weighted by atomic mass is 16.6. The van der Waals surface area contributed by atoms with Crippen molar-refractivity contribution < 1.29 is 28.6 Å². The Hall–Kier alpha value is -1.59. The Bertz CT molecular complexity index is 1100. The third-order valence-electron chi connectivity index (χ3n) is 15.3. The Morgan fingerprint density at radius 2 is 0.493 bits per heavy atom. The minimum atomic E-state index is -0.764. The zero-order chi connectivity index (χ0) is 51.9. The van der Waals surface area contributed by atoms with Gasteiger partial charge in [-0.25, -0.2) is 0 Å². The van der Waals surface area contributed by atoms with Gasteiger partial charge in [0.05, 0.1) is 0 Å². The fraction of sp³-hybridized carbons (Fsp3) is 0.954. The summed E-state index contributed by atoms with van der Waals surface area (Å²) in [5.74, 6) is 1.74. The predicted molar refractivity (Wildman–Crippen MR) is 307 cm³/mol. The monoisotopic (exact) mass is 1000 g/mol. The molecule has 0 saturated carbocycles. The number of rotatable bonds is 58. The zero-order valence-electron chi connectivity index (χ0n) is 49.0. The molecule has 422 valence electrons. The summed E-state index contributed by atoms with van der Waals surface area (Å²) in [6.45, 7) is 13.8. The molecular weight excluding hydrogens is 877 g/mol. The molecule has 0 aromatic rings. The second-order valence-electron chi connectivity index (χ2n) is 23.6. The number of hydrogen-bond donors (Lipinski definition) is 0. The van der Waals surface area contributed by atoms with Crippen molar-refractivity contribution >= 4 is 17.9 Å². The van der Waals surface area contributed by atoms with Gasteiger partial charge in [-0.1, -0.05) is 324 Å². The van der Waals surface area contributed by atoms with Crippen molar-refractivity contribution in [3.63, 3.8) is 0 Å². The summed E-state index contributed by atoms with van der Waals surface area (Å²) in [5, 5.41) is 0. The number of unbranched alkanes of at least 4 members (excludes halogenated alkanes) is 40. The van der Waals surface area contributed by atoms with Crippen LogP contribution in [-0.2, 0) is 28.6 Å². The number of carbonyl (C=O) groups is 3. The van der Waals surface area contributed by atoms with Crippen molar-refractivity contribution in [2.45, 2.75) is 369 Å². The summed E-state index contributed by atoms with van der Waals surface area (Å²) in [7, 11) is 0. The topological polar surface area (TPSA) is 78.9 Å². The Labute approximate surface area is 444 Å². The lowest BCUT2D eigenvalue weighted by Gasteiger charge is -2.18. The van der Waals surface area contributed by atoms with Crippen LogP contribution in [0.15, 0.2) is 0 Å². The van der Waals surface area contributed by atoms with Crippen LogP contribution in [0, 0.1) is 17.8 Å². The summed E-state index contributed by atoms with van der Waals surface area (Å²) in [5.41, 5.74) is 0. The molecular formula is C65H126O6. The van der Waals surface area contributed by atoms with Crippen molar-refractivity contribution in [2.75, 3.05) is 13.2 Å². The molecule has 0 aliphatic carbocycles. The summed E-state index contributed by atoms with van der Waals surface area (Å²) < 4.78 is 17.0. The first kappa shape index (κ1) is 69.4. The maximum absolute atomic E-state index is 12.9. The average molecular weight is 1000 g/mol. The molecule has 0 aliphatic rings. The number of ether oxygens (including phenoxy) is 3. The molecule has 0 amide bonds. The van der Waals surface area contributed by atoms with Gasteiger partial charge in [0.1, 0.15) is 13.2 Å². The smallest absolute Gasteiger partial charge is 0.306 e. The highest BCUT2D eigenvalue weighted by Crippen LogP contribution is 2.19. The number of esters is 3. The van der Waals surface area contributed by atoms with E-state index in [1.54, 1.807) is 0 Å². The van der Waals surface area contributed by atoms with Crippen LogP contribution < -0.4 is 0 Å². The molecule has 1 unspecified atom stereocenters. The van der Waals surface area contributed by atoms with Crippen LogP contribution >= 0.6 is 0 Å². The lowest BCUT2D eigenvalue weighted by Crippen LogP contribution is -2.30. The van der Waals surface area contributed by atoms with Crippen LogP contribution in [0.4, 0.5) is 0 Å². The maximum atomic E-state index is 12.9. The molecule has 0 aliphatic heterocycles. The molecule has 2 atom stereocenters. The molecule has 0 fully saturated rings. The van der Waals surface area contributed by atoms with Gasteiger partial charge in [0.25, 0.3) is 0 Å². The largest absolute Gasteiger partial charge is 0.462 e. The van der Waals surface area contributed by atoms with Gasteiger partial charge in [-0.3, -0.25) is 14.4 Å². The molecule has 6 heteroatoms. The van der Waals surface area contributed by atoms with Crippen molar-refractivity contribution in [1.82, 2.24) is 0 Å². The zero-order valence-corrected chi connectivity index (χ0v) is 49.0. The van der Waals surface area contributed by atoms with Crippen LogP contribution in [0.5, 0.6) is 0 Å². The van der Waals surface area contributed by atoms with E-state index in [1.165, 1.54) is 244 Å². The van der Waals surface area contributed by atoms with Gasteiger partial charge >= 0.3 is 17.9 Å². The lowest BCUT2D eigenvalue weighted by molar-refractivity contribution is -0.167. The molecule has 0 rings (SSSR count). The molecule has 0 bridgehead atoms. The summed E-state index contributed by atoms with van der Waals surface area (Å²) in [4.78, 5) is 38.3. The molecule has 0 radical (unpaired) electrons. The Kier molecular flexibility index (Phi) is 54.9. The van der Waals surface area contributed by atoms with E-state index < -0.39 is 6.10 Å². The highest BCUT2D eigenvalue weighted by molar-refractivity contribution is 5.71. The van der Waals surface area contributed by atoms with E-state index in [2.05, 4.69) is 41.5 Å². The Morgan fingerprint density at radius 3 is 0.732 bits per heavy atom. The van der Waals surface area contributed by atoms with E-state index >= 15 is 0 Å². The Balaban J connectivity index is 4.27. The first-order valence-electron chi connectivity index (χ1n) is 32.1. The molecule has 0 N–H and O–H groups in total. The molecule has 71 heavy (non-hydrogen) atoms. The van der Waals surface area contributed by atoms with Crippen molar-refractivity contribution in [1.29, 1.82) is 0 Å². The van der Waals surface area contributed by atoms with E-state index in [0.29, 0.717) is 19.3 Å². The summed E-state index contributed by atoms with van der Waals surface area (Å²) >= 11 is 0. The minimum absolute atomic E-state index is 0.0627. The van der Waals surface area contributed by atoms with Gasteiger partial charge < -0.3 is 14.2 Å². The standard InChI is InChI=1S/C65H126O6/c1-7-61(6)53-47-41-35-29-23-17-14-15-18-24-30-36-42-48-54-63(66)69-57-62(58-70-64(67)55-49-43-37-31-26-20-22-28-34-40-46-52-60(4)5)71-65(68)56-50-44-38-32-25-19-13-11-9-8-10-12-16-21-27-33-39-45-51-59(2)3/h59-62H,7-58H2,1-6H3/t61?,62-/m0/s1. The van der Waals surface area contributed by atoms with E-state index in [4.69, 9.17) is 14.2 Å². The molecule has 0 heterocycles. The molecule has 0 spiro atoms. The van der Waals surface area contributed by atoms with Gasteiger partial charge in [-0.05, 0) is 37.0 Å². The highest BCUT2D eigenvalue weighted by Gasteiger charge is 2.19. The summed E-state index contributed by atoms with van der Waals surface area (Å²) in [6, 6.07) is 0. The van der Waals surface area contributed by atoms with Crippen LogP contribution in [0.2, 0.25) is 0 Å². The number of hydrogen-bond acceptors (Lipinski definition) is 6. The third-order valence-corrected chi connectivity index (χ3v) is 15.3. The van der Waals surface area contributed by atoms with Gasteiger partial charge in [-0.2, -0.15) is 0 Å². The fourth-order valence-corrected chi connectivity index (χ4v) is 10.0. The SMILES string of the molecule is CCC(C)CCCCCCCCCCCCCCCCC(=O)OC[C@@H](COC(=O)CCCCCCCCCCCCCC(C)C)OC(=O)CCCCCCCCCCCCCCCCCCCCC(C)C. The normalized spacial score (nSPS) is 12.5. The van der Waals surface area contributed by atoms with Gasteiger partial charge in [0, 0.05) is 19.3 Å². The average Bonchev–Trinajstić information content (AvgIpc) is 3.35. The van der Waals surface area contributed by atoms with E-state index in [0.717, 1.165) is 75.5 Å². The fourth-order valence-electron chi connectivity index (χ4n) is 10.0. The molecule has 6 nitrogen and oxygen atoms in total. The van der Waals surface area contributed by atoms with Crippen LogP contribution in [0.1, 0.15) is 363 Å². The third kappa shape index (κ3) is 57.5. The van der Waals surface area contributed by atoms with Crippen molar-refractivity contribution in [2.24, 2.45) is 17.8 Å². The van der Waals surface area contributed by atoms with Crippen LogP contribution in [0.25, 0.3) is 0 Å². The van der Waals surface area contributed by atoms with Gasteiger partial charge in [0.2, 0.25) is 0 Å². The van der Waals surface area contributed by atoms with Crippen LogP contribution in [-0.4, -0.2) is 37.2 Å². The molecule has 0 aromatic heterocycles. The second-order valence-corrected chi connectivity index (χ2v) is 23.6. The molecule has 0 saturated heterocycles. The maximum Gasteiger partial charge on any atom is 0.306 e. The first-order valence-corrected chi connectivity index (χ1v) is 32.1. The Morgan fingerprint density at radius 1 is 0.282 bits per heavy atom. The van der Waals surface area contributed by atoms with Crippen molar-refractivity contribution in [3.05, 3.63) is 0 Å². The second kappa shape index (κ2) is 56.1. The van der Waals surface area contributed by atoms with Gasteiger partial charge in [0.15, 0.2) is 6.10 Å².